The summed E-state index contributed by atoms with van der Waals surface area (Å²) in [7, 11) is 7.32. The van der Waals surface area contributed by atoms with E-state index in [1.54, 1.807) is 12.1 Å². The molecule has 194 valence electrons. The van der Waals surface area contributed by atoms with Gasteiger partial charge in [-0.15, -0.1) is 0 Å². The highest BCUT2D eigenvalue weighted by molar-refractivity contribution is 5.98. The van der Waals surface area contributed by atoms with Crippen LogP contribution in [0.3, 0.4) is 0 Å². The summed E-state index contributed by atoms with van der Waals surface area (Å²) in [6.45, 7) is 0. The molecule has 36 heavy (non-hydrogen) atoms. The van der Waals surface area contributed by atoms with Crippen molar-refractivity contribution in [2.45, 2.75) is 50.0 Å². The van der Waals surface area contributed by atoms with Crippen LogP contribution >= 0.6 is 0 Å². The largest absolute Gasteiger partial charge is 0.493 e. The summed E-state index contributed by atoms with van der Waals surface area (Å²) in [5.74, 6) is 1.71. The Morgan fingerprint density at radius 3 is 1.56 bits per heavy atom. The van der Waals surface area contributed by atoms with Crippen LogP contribution in [0.1, 0.15) is 50.0 Å². The van der Waals surface area contributed by atoms with Crippen molar-refractivity contribution in [3.63, 3.8) is 0 Å². The third-order valence-electron chi connectivity index (χ3n) is 8.59. The van der Waals surface area contributed by atoms with Crippen LogP contribution in [0.2, 0.25) is 0 Å². The maximum atomic E-state index is 13.2. The number of methoxy groups -OCH3 is 5. The molecule has 0 radical (unpaired) electrons. The molecule has 8 nitrogen and oxygen atoms in total. The van der Waals surface area contributed by atoms with E-state index in [1.807, 2.05) is 12.4 Å². The van der Waals surface area contributed by atoms with E-state index in [0.29, 0.717) is 51.7 Å². The summed E-state index contributed by atoms with van der Waals surface area (Å²) in [4.78, 5) is 28.6. The highest BCUT2D eigenvalue weighted by atomic mass is 16.5. The van der Waals surface area contributed by atoms with E-state index < -0.39 is 17.9 Å². The van der Waals surface area contributed by atoms with Crippen LogP contribution in [0.4, 0.5) is 0 Å². The highest BCUT2D eigenvalue weighted by Crippen LogP contribution is 2.59. The van der Waals surface area contributed by atoms with Gasteiger partial charge in [-0.05, 0) is 74.0 Å². The van der Waals surface area contributed by atoms with E-state index in [0.717, 1.165) is 19.3 Å². The molecule has 4 fully saturated rings. The fourth-order valence-corrected chi connectivity index (χ4v) is 7.51. The molecule has 1 aromatic carbocycles. The maximum absolute atomic E-state index is 13.2. The molecule has 0 unspecified atom stereocenters. The average Bonchev–Trinajstić information content (AvgIpc) is 2.89. The molecule has 1 aromatic rings. The van der Waals surface area contributed by atoms with Crippen LogP contribution < -0.4 is 14.2 Å². The van der Waals surface area contributed by atoms with Crippen molar-refractivity contribution >= 4 is 11.9 Å². The molecule has 0 saturated heterocycles. The zero-order chi connectivity index (χ0) is 25.6. The van der Waals surface area contributed by atoms with Crippen molar-refractivity contribution in [2.75, 3.05) is 35.5 Å². The van der Waals surface area contributed by atoms with Gasteiger partial charge in [0.2, 0.25) is 5.75 Å². The van der Waals surface area contributed by atoms with Gasteiger partial charge in [-0.3, -0.25) is 0 Å². The maximum Gasteiger partial charge on any atom is 0.336 e. The van der Waals surface area contributed by atoms with Gasteiger partial charge in [0.1, 0.15) is 0 Å². The quantitative estimate of drug-likeness (QED) is 0.519. The number of esters is 2. The van der Waals surface area contributed by atoms with Crippen LogP contribution in [0.15, 0.2) is 35.7 Å². The summed E-state index contributed by atoms with van der Waals surface area (Å²) < 4.78 is 27.0. The zero-order valence-corrected chi connectivity index (χ0v) is 21.7. The Morgan fingerprint density at radius 1 is 0.750 bits per heavy atom. The van der Waals surface area contributed by atoms with E-state index in [1.165, 1.54) is 54.8 Å². The van der Waals surface area contributed by atoms with Crippen molar-refractivity contribution in [1.29, 1.82) is 0 Å². The average molecular weight is 498 g/mol. The van der Waals surface area contributed by atoms with Gasteiger partial charge in [0.15, 0.2) is 11.5 Å². The van der Waals surface area contributed by atoms with Gasteiger partial charge >= 0.3 is 11.9 Å². The molecule has 5 aliphatic rings. The van der Waals surface area contributed by atoms with Crippen molar-refractivity contribution < 1.29 is 33.3 Å². The topological polar surface area (TPSA) is 83.5 Å². The molecule has 0 N–H and O–H groups in total. The second kappa shape index (κ2) is 9.37. The highest BCUT2D eigenvalue weighted by Gasteiger charge is 2.54. The summed E-state index contributed by atoms with van der Waals surface area (Å²) in [6.07, 6.45) is 10.9. The van der Waals surface area contributed by atoms with Crippen LogP contribution in [0.5, 0.6) is 17.2 Å². The van der Waals surface area contributed by atoms with Crippen LogP contribution in [-0.4, -0.2) is 57.9 Å². The summed E-state index contributed by atoms with van der Waals surface area (Å²) in [6, 6.07) is 3.53. The molecule has 0 spiro atoms. The lowest BCUT2D eigenvalue weighted by atomic mass is 9.52. The third-order valence-corrected chi connectivity index (χ3v) is 8.59. The summed E-state index contributed by atoms with van der Waals surface area (Å²) in [5.41, 5.74) is 1.31. The van der Waals surface area contributed by atoms with Gasteiger partial charge in [-0.2, -0.15) is 0 Å². The minimum Gasteiger partial charge on any atom is -0.493 e. The first-order valence-corrected chi connectivity index (χ1v) is 12.5. The van der Waals surface area contributed by atoms with Gasteiger partial charge in [0, 0.05) is 17.9 Å². The molecule has 0 amide bonds. The number of hydrogen-bond donors (Lipinski definition) is 0. The Balaban J connectivity index is 1.65. The minimum atomic E-state index is -0.719. The molecule has 4 aliphatic carbocycles. The number of rotatable bonds is 7. The van der Waals surface area contributed by atoms with E-state index >= 15 is 0 Å². The predicted molar refractivity (Wildman–Crippen MR) is 132 cm³/mol. The Morgan fingerprint density at radius 2 is 1.19 bits per heavy atom. The number of ether oxygens (including phenoxy) is 5. The standard InChI is InChI=1S/C28H35NO7/c1-32-22-9-19(10-23(33-2)25(22)34-3)24-20(26(30)35-4)14-29(15-21(24)27(31)36-5)28-11-16-6-17(12-28)8-18(7-16)13-28/h9-10,14-18,24H,6-8,11-13H2,1-5H3. The van der Waals surface area contributed by atoms with Gasteiger partial charge in [-0.1, -0.05) is 0 Å². The summed E-state index contributed by atoms with van der Waals surface area (Å²) in [5, 5.41) is 0. The number of nitrogens with zero attached hydrogens (tertiary/aromatic N) is 1. The number of carbonyl (C=O) groups excluding carboxylic acids is 2. The molecule has 8 heteroatoms. The van der Waals surface area contributed by atoms with E-state index in [-0.39, 0.29) is 5.54 Å². The number of benzene rings is 1. The minimum absolute atomic E-state index is 0.0897. The van der Waals surface area contributed by atoms with Crippen molar-refractivity contribution in [3.05, 3.63) is 41.2 Å². The molecule has 1 aliphatic heterocycles. The van der Waals surface area contributed by atoms with Crippen molar-refractivity contribution in [3.8, 4) is 17.2 Å². The molecule has 4 saturated carbocycles. The molecular formula is C28H35NO7. The van der Waals surface area contributed by atoms with Crippen LogP contribution in [-0.2, 0) is 19.1 Å². The smallest absolute Gasteiger partial charge is 0.336 e. The Hall–Kier alpha value is -3.16. The summed E-state index contributed by atoms with van der Waals surface area (Å²) >= 11 is 0. The van der Waals surface area contributed by atoms with Gasteiger partial charge in [-0.25, -0.2) is 9.59 Å². The zero-order valence-electron chi connectivity index (χ0n) is 21.7. The Labute approximate surface area is 212 Å². The lowest BCUT2D eigenvalue weighted by Crippen LogP contribution is -2.57. The normalized spacial score (nSPS) is 28.8. The lowest BCUT2D eigenvalue weighted by molar-refractivity contribution is -0.137. The van der Waals surface area contributed by atoms with Gasteiger partial charge < -0.3 is 28.6 Å². The molecule has 6 rings (SSSR count). The third kappa shape index (κ3) is 3.91. The first kappa shape index (κ1) is 24.5. The molecule has 1 heterocycles. The van der Waals surface area contributed by atoms with E-state index in [2.05, 4.69) is 4.90 Å². The van der Waals surface area contributed by atoms with Crippen LogP contribution in [0.25, 0.3) is 0 Å². The lowest BCUT2D eigenvalue weighted by Gasteiger charge is -2.60. The second-order valence-electron chi connectivity index (χ2n) is 10.6. The number of hydrogen-bond acceptors (Lipinski definition) is 8. The second-order valence-corrected chi connectivity index (χ2v) is 10.6. The Kier molecular flexibility index (Phi) is 6.39. The Bertz CT molecular complexity index is 1030. The molecule has 0 atom stereocenters. The fraction of sp³-hybridized carbons (Fsp3) is 0.571. The number of carbonyl (C=O) groups is 2. The fourth-order valence-electron chi connectivity index (χ4n) is 7.51. The van der Waals surface area contributed by atoms with Gasteiger partial charge in [0.25, 0.3) is 0 Å². The first-order valence-electron chi connectivity index (χ1n) is 12.5. The monoisotopic (exact) mass is 497 g/mol. The van der Waals surface area contributed by atoms with E-state index in [4.69, 9.17) is 23.7 Å². The molecular weight excluding hydrogens is 462 g/mol. The van der Waals surface area contributed by atoms with Crippen LogP contribution in [0, 0.1) is 17.8 Å². The van der Waals surface area contributed by atoms with Gasteiger partial charge in [0.05, 0.1) is 52.6 Å². The predicted octanol–water partition coefficient (Wildman–Crippen LogP) is 4.19. The SMILES string of the molecule is COC(=O)C1=CN(C23CC4CC(CC(C4)C2)C3)C=C(C(=O)OC)C1c1cc(OC)c(OC)c(OC)c1. The van der Waals surface area contributed by atoms with Crippen molar-refractivity contribution in [2.24, 2.45) is 17.8 Å². The van der Waals surface area contributed by atoms with Crippen molar-refractivity contribution in [1.82, 2.24) is 4.90 Å². The van der Waals surface area contributed by atoms with E-state index in [9.17, 15) is 9.59 Å². The molecule has 0 aromatic heterocycles. The first-order chi connectivity index (χ1) is 17.4. The molecule has 4 bridgehead atoms.